The minimum atomic E-state index is -0.186. The molecule has 0 saturated heterocycles. The van der Waals surface area contributed by atoms with E-state index < -0.39 is 0 Å². The van der Waals surface area contributed by atoms with Gasteiger partial charge < -0.3 is 15.7 Å². The average Bonchev–Trinajstić information content (AvgIpc) is 2.32. The number of aliphatic hydroxyl groups excluding tert-OH is 1. The number of hydrogen-bond donors (Lipinski definition) is 3. The lowest BCUT2D eigenvalue weighted by Crippen LogP contribution is -2.48. The summed E-state index contributed by atoms with van der Waals surface area (Å²) in [7, 11) is 1.85. The fourth-order valence-corrected chi connectivity index (χ4v) is 2.17. The van der Waals surface area contributed by atoms with Crippen LogP contribution in [0.4, 0.5) is 11.6 Å². The maximum atomic E-state index is 9.53. The van der Waals surface area contributed by atoms with E-state index in [0.29, 0.717) is 0 Å². The Kier molecular flexibility index (Phi) is 3.67. The van der Waals surface area contributed by atoms with E-state index in [1.165, 1.54) is 0 Å². The van der Waals surface area contributed by atoms with Crippen LogP contribution in [-0.4, -0.2) is 34.3 Å². The zero-order valence-electron chi connectivity index (χ0n) is 12.2. The van der Waals surface area contributed by atoms with E-state index in [0.717, 1.165) is 36.7 Å². The Balaban J connectivity index is 2.29. The summed E-state index contributed by atoms with van der Waals surface area (Å²) in [5, 5.41) is 16.0. The van der Waals surface area contributed by atoms with Crippen molar-refractivity contribution < 1.29 is 5.11 Å². The molecule has 3 N–H and O–H groups in total. The van der Waals surface area contributed by atoms with Crippen LogP contribution in [0.3, 0.4) is 0 Å². The van der Waals surface area contributed by atoms with Gasteiger partial charge in [-0.05, 0) is 19.3 Å². The van der Waals surface area contributed by atoms with Crippen LogP contribution in [-0.2, 0) is 5.41 Å². The van der Waals surface area contributed by atoms with Crippen LogP contribution in [0.2, 0.25) is 0 Å². The lowest BCUT2D eigenvalue weighted by Gasteiger charge is -2.41. The normalized spacial score (nSPS) is 17.7. The van der Waals surface area contributed by atoms with Gasteiger partial charge >= 0.3 is 0 Å². The van der Waals surface area contributed by atoms with Gasteiger partial charge in [-0.25, -0.2) is 9.97 Å². The van der Waals surface area contributed by atoms with Crippen molar-refractivity contribution >= 4 is 11.6 Å². The Labute approximate surface area is 114 Å². The minimum absolute atomic E-state index is 0.102. The number of nitrogens with zero attached hydrogens (tertiary/aromatic N) is 2. The maximum Gasteiger partial charge on any atom is 0.138 e. The Bertz CT molecular complexity index is 444. The standard InChI is InChI=1S/C14H24N4O/c1-13(2,3)12-16-10(15-4)8-11(17-12)18-14(9-19)6-5-7-14/h8,19H,5-7,9H2,1-4H3,(H2,15,16,17,18). The molecule has 1 fully saturated rings. The van der Waals surface area contributed by atoms with Gasteiger partial charge in [-0.15, -0.1) is 0 Å². The predicted octanol–water partition coefficient (Wildman–Crippen LogP) is 2.14. The molecule has 5 heteroatoms. The molecule has 1 aromatic heterocycles. The van der Waals surface area contributed by atoms with E-state index in [9.17, 15) is 5.11 Å². The van der Waals surface area contributed by atoms with E-state index in [2.05, 4.69) is 41.4 Å². The molecular weight excluding hydrogens is 240 g/mol. The van der Waals surface area contributed by atoms with Crippen molar-refractivity contribution in [3.05, 3.63) is 11.9 Å². The minimum Gasteiger partial charge on any atom is -0.394 e. The summed E-state index contributed by atoms with van der Waals surface area (Å²) < 4.78 is 0. The number of hydrogen-bond acceptors (Lipinski definition) is 5. The lowest BCUT2D eigenvalue weighted by molar-refractivity contribution is 0.143. The molecule has 1 saturated carbocycles. The first kappa shape index (κ1) is 14.1. The number of aromatic nitrogens is 2. The molecular formula is C14H24N4O. The van der Waals surface area contributed by atoms with Gasteiger partial charge in [0.1, 0.15) is 17.5 Å². The largest absolute Gasteiger partial charge is 0.394 e. The van der Waals surface area contributed by atoms with Gasteiger partial charge in [-0.3, -0.25) is 0 Å². The van der Waals surface area contributed by atoms with Gasteiger partial charge in [0.2, 0.25) is 0 Å². The second kappa shape index (κ2) is 4.96. The number of nitrogens with one attached hydrogen (secondary N) is 2. The van der Waals surface area contributed by atoms with Gasteiger partial charge in [0, 0.05) is 18.5 Å². The summed E-state index contributed by atoms with van der Waals surface area (Å²) in [5.74, 6) is 2.39. The molecule has 1 aliphatic rings. The van der Waals surface area contributed by atoms with E-state index in [1.54, 1.807) is 0 Å². The monoisotopic (exact) mass is 264 g/mol. The first-order valence-electron chi connectivity index (χ1n) is 6.85. The van der Waals surface area contributed by atoms with Gasteiger partial charge in [-0.1, -0.05) is 20.8 Å². The molecule has 5 nitrogen and oxygen atoms in total. The lowest BCUT2D eigenvalue weighted by atomic mass is 9.77. The first-order valence-corrected chi connectivity index (χ1v) is 6.85. The van der Waals surface area contributed by atoms with Crippen LogP contribution in [0.1, 0.15) is 45.9 Å². The average molecular weight is 264 g/mol. The van der Waals surface area contributed by atoms with Crippen LogP contribution in [0.5, 0.6) is 0 Å². The van der Waals surface area contributed by atoms with Crippen molar-refractivity contribution in [3.8, 4) is 0 Å². The molecule has 0 amide bonds. The van der Waals surface area contributed by atoms with Crippen molar-refractivity contribution in [1.29, 1.82) is 0 Å². The van der Waals surface area contributed by atoms with E-state index in [-0.39, 0.29) is 17.6 Å². The van der Waals surface area contributed by atoms with Crippen molar-refractivity contribution in [3.63, 3.8) is 0 Å². The topological polar surface area (TPSA) is 70.1 Å². The molecule has 1 aromatic rings. The molecule has 0 atom stereocenters. The second-order valence-corrected chi connectivity index (χ2v) is 6.38. The summed E-state index contributed by atoms with van der Waals surface area (Å²) in [4.78, 5) is 9.09. The number of anilines is 2. The van der Waals surface area contributed by atoms with Gasteiger partial charge in [0.05, 0.1) is 12.1 Å². The molecule has 0 aromatic carbocycles. The Morgan fingerprint density at radius 3 is 2.32 bits per heavy atom. The van der Waals surface area contributed by atoms with Crippen LogP contribution in [0, 0.1) is 0 Å². The summed E-state index contributed by atoms with van der Waals surface area (Å²) in [6.45, 7) is 6.43. The molecule has 0 bridgehead atoms. The highest BCUT2D eigenvalue weighted by molar-refractivity contribution is 5.49. The molecule has 0 radical (unpaired) electrons. The SMILES string of the molecule is CNc1cc(NC2(CO)CCC2)nc(C(C)(C)C)n1. The molecule has 1 heterocycles. The highest BCUT2D eigenvalue weighted by atomic mass is 16.3. The van der Waals surface area contributed by atoms with Crippen molar-refractivity contribution in [2.45, 2.75) is 51.0 Å². The van der Waals surface area contributed by atoms with Crippen LogP contribution in [0.25, 0.3) is 0 Å². The predicted molar refractivity (Wildman–Crippen MR) is 77.6 cm³/mol. The van der Waals surface area contributed by atoms with Crippen LogP contribution >= 0.6 is 0 Å². The molecule has 1 aliphatic carbocycles. The van der Waals surface area contributed by atoms with Gasteiger partial charge in [0.15, 0.2) is 0 Å². The quantitative estimate of drug-likeness (QED) is 0.777. The van der Waals surface area contributed by atoms with Gasteiger partial charge in [0.25, 0.3) is 0 Å². The number of aliphatic hydroxyl groups is 1. The fourth-order valence-electron chi connectivity index (χ4n) is 2.17. The molecule has 19 heavy (non-hydrogen) atoms. The van der Waals surface area contributed by atoms with E-state index in [1.807, 2.05) is 13.1 Å². The third-order valence-corrected chi connectivity index (χ3v) is 3.66. The third-order valence-electron chi connectivity index (χ3n) is 3.66. The van der Waals surface area contributed by atoms with Crippen LogP contribution in [0.15, 0.2) is 6.07 Å². The summed E-state index contributed by atoms with van der Waals surface area (Å²) >= 11 is 0. The van der Waals surface area contributed by atoms with Crippen molar-refractivity contribution in [2.24, 2.45) is 0 Å². The zero-order chi connectivity index (χ0) is 14.1. The van der Waals surface area contributed by atoms with Crippen LogP contribution < -0.4 is 10.6 Å². The Morgan fingerprint density at radius 2 is 1.89 bits per heavy atom. The summed E-state index contributed by atoms with van der Waals surface area (Å²) in [5.41, 5.74) is -0.288. The summed E-state index contributed by atoms with van der Waals surface area (Å²) in [6.07, 6.45) is 3.14. The Morgan fingerprint density at radius 1 is 1.26 bits per heavy atom. The number of rotatable bonds is 4. The molecule has 2 rings (SSSR count). The van der Waals surface area contributed by atoms with Crippen molar-refractivity contribution in [2.75, 3.05) is 24.3 Å². The highest BCUT2D eigenvalue weighted by Gasteiger charge is 2.36. The summed E-state index contributed by atoms with van der Waals surface area (Å²) in [6, 6.07) is 1.89. The Hall–Kier alpha value is -1.36. The smallest absolute Gasteiger partial charge is 0.138 e. The van der Waals surface area contributed by atoms with E-state index in [4.69, 9.17) is 0 Å². The first-order chi connectivity index (χ1) is 8.88. The van der Waals surface area contributed by atoms with Crippen molar-refractivity contribution in [1.82, 2.24) is 9.97 Å². The molecule has 0 aliphatic heterocycles. The fraction of sp³-hybridized carbons (Fsp3) is 0.714. The maximum absolute atomic E-state index is 9.53. The second-order valence-electron chi connectivity index (χ2n) is 6.38. The zero-order valence-corrected chi connectivity index (χ0v) is 12.2. The molecule has 106 valence electrons. The molecule has 0 unspecified atom stereocenters. The highest BCUT2D eigenvalue weighted by Crippen LogP contribution is 2.35. The third kappa shape index (κ3) is 2.97. The van der Waals surface area contributed by atoms with Gasteiger partial charge in [-0.2, -0.15) is 0 Å². The van der Waals surface area contributed by atoms with E-state index >= 15 is 0 Å². The molecule has 0 spiro atoms.